The number of benzene rings is 3. The van der Waals surface area contributed by atoms with Crippen LogP contribution in [0.1, 0.15) is 10.4 Å². The fraction of sp³-hybridized carbons (Fsp3) is 0.0952. The molecule has 1 aliphatic rings. The van der Waals surface area contributed by atoms with Gasteiger partial charge < -0.3 is 9.64 Å². The van der Waals surface area contributed by atoms with E-state index in [2.05, 4.69) is 9.97 Å². The van der Waals surface area contributed by atoms with Gasteiger partial charge in [-0.25, -0.2) is 9.97 Å². The minimum atomic E-state index is -0.0578. The minimum Gasteiger partial charge on any atom is -0.490 e. The predicted octanol–water partition coefficient (Wildman–Crippen LogP) is 3.82. The normalized spacial score (nSPS) is 13.5. The summed E-state index contributed by atoms with van der Waals surface area (Å²) in [5, 5.41) is 0. The Kier molecular flexibility index (Phi) is 3.31. The number of carbonyl (C=O) groups is 1. The SMILES string of the molecule is O=C(c1ccc2nc3ccccc3nc2c1)N1CCOc2ccccc21. The molecular weight excluding hydrogens is 326 g/mol. The van der Waals surface area contributed by atoms with Gasteiger partial charge in [0.25, 0.3) is 5.91 Å². The summed E-state index contributed by atoms with van der Waals surface area (Å²) in [6, 6.07) is 20.8. The number of aromatic nitrogens is 2. The average molecular weight is 341 g/mol. The fourth-order valence-corrected chi connectivity index (χ4v) is 3.29. The zero-order valence-electron chi connectivity index (χ0n) is 13.9. The van der Waals surface area contributed by atoms with Crippen molar-refractivity contribution in [2.45, 2.75) is 0 Å². The van der Waals surface area contributed by atoms with Gasteiger partial charge in [-0.05, 0) is 42.5 Å². The Morgan fingerprint density at radius 2 is 1.54 bits per heavy atom. The van der Waals surface area contributed by atoms with Crippen molar-refractivity contribution in [3.8, 4) is 5.75 Å². The zero-order valence-corrected chi connectivity index (χ0v) is 13.9. The summed E-state index contributed by atoms with van der Waals surface area (Å²) in [7, 11) is 0. The summed E-state index contributed by atoms with van der Waals surface area (Å²) in [4.78, 5) is 24.1. The van der Waals surface area contributed by atoms with E-state index in [0.717, 1.165) is 33.5 Å². The van der Waals surface area contributed by atoms with Crippen LogP contribution in [0.5, 0.6) is 5.75 Å². The van der Waals surface area contributed by atoms with E-state index in [1.807, 2.05) is 66.7 Å². The summed E-state index contributed by atoms with van der Waals surface area (Å²) < 4.78 is 5.64. The predicted molar refractivity (Wildman–Crippen MR) is 101 cm³/mol. The Balaban J connectivity index is 1.58. The highest BCUT2D eigenvalue weighted by molar-refractivity contribution is 6.08. The molecule has 0 saturated heterocycles. The molecule has 1 aliphatic heterocycles. The molecule has 5 rings (SSSR count). The second kappa shape index (κ2) is 5.81. The number of anilines is 1. The third kappa shape index (κ3) is 2.37. The summed E-state index contributed by atoms with van der Waals surface area (Å²) in [5.74, 6) is 0.677. The van der Waals surface area contributed by atoms with E-state index < -0.39 is 0 Å². The number of nitrogens with zero attached hydrogens (tertiary/aromatic N) is 3. The number of ether oxygens (including phenoxy) is 1. The van der Waals surface area contributed by atoms with Gasteiger partial charge in [0.15, 0.2) is 0 Å². The van der Waals surface area contributed by atoms with Crippen molar-refractivity contribution in [3.63, 3.8) is 0 Å². The zero-order chi connectivity index (χ0) is 17.5. The van der Waals surface area contributed by atoms with Gasteiger partial charge >= 0.3 is 0 Å². The van der Waals surface area contributed by atoms with Crippen molar-refractivity contribution < 1.29 is 9.53 Å². The highest BCUT2D eigenvalue weighted by Gasteiger charge is 2.24. The van der Waals surface area contributed by atoms with Crippen LogP contribution in [0, 0.1) is 0 Å². The van der Waals surface area contributed by atoms with Crippen LogP contribution in [0.4, 0.5) is 5.69 Å². The monoisotopic (exact) mass is 341 g/mol. The van der Waals surface area contributed by atoms with Crippen molar-refractivity contribution in [2.75, 3.05) is 18.1 Å². The fourth-order valence-electron chi connectivity index (χ4n) is 3.29. The van der Waals surface area contributed by atoms with E-state index in [-0.39, 0.29) is 5.91 Å². The third-order valence-electron chi connectivity index (χ3n) is 4.56. The van der Waals surface area contributed by atoms with Crippen molar-refractivity contribution >= 4 is 33.7 Å². The molecule has 0 atom stereocenters. The Morgan fingerprint density at radius 3 is 2.38 bits per heavy atom. The number of hydrogen-bond acceptors (Lipinski definition) is 4. The van der Waals surface area contributed by atoms with Gasteiger partial charge in [0.05, 0.1) is 34.3 Å². The molecule has 1 amide bonds. The molecule has 2 heterocycles. The lowest BCUT2D eigenvalue weighted by atomic mass is 10.1. The number of fused-ring (bicyclic) bond motifs is 3. The number of para-hydroxylation sites is 4. The van der Waals surface area contributed by atoms with Crippen LogP contribution in [0.2, 0.25) is 0 Å². The van der Waals surface area contributed by atoms with Gasteiger partial charge in [-0.1, -0.05) is 24.3 Å². The van der Waals surface area contributed by atoms with Crippen molar-refractivity contribution in [2.24, 2.45) is 0 Å². The minimum absolute atomic E-state index is 0.0578. The molecule has 0 aliphatic carbocycles. The van der Waals surface area contributed by atoms with Gasteiger partial charge in [0.1, 0.15) is 12.4 Å². The number of hydrogen-bond donors (Lipinski definition) is 0. The number of amides is 1. The van der Waals surface area contributed by atoms with Crippen LogP contribution < -0.4 is 9.64 Å². The molecule has 126 valence electrons. The summed E-state index contributed by atoms with van der Waals surface area (Å²) in [5.41, 5.74) is 4.56. The molecule has 0 N–H and O–H groups in total. The lowest BCUT2D eigenvalue weighted by molar-refractivity contribution is 0.0976. The largest absolute Gasteiger partial charge is 0.490 e. The Hall–Kier alpha value is -3.47. The van der Waals surface area contributed by atoms with E-state index in [1.54, 1.807) is 4.90 Å². The quantitative estimate of drug-likeness (QED) is 0.494. The second-order valence-corrected chi connectivity index (χ2v) is 6.19. The average Bonchev–Trinajstić information content (AvgIpc) is 2.71. The first-order chi connectivity index (χ1) is 12.8. The first-order valence-corrected chi connectivity index (χ1v) is 8.50. The molecule has 0 bridgehead atoms. The van der Waals surface area contributed by atoms with Crippen molar-refractivity contribution in [1.29, 1.82) is 0 Å². The molecule has 0 spiro atoms. The molecule has 0 unspecified atom stereocenters. The van der Waals surface area contributed by atoms with Gasteiger partial charge in [0.2, 0.25) is 0 Å². The van der Waals surface area contributed by atoms with Gasteiger partial charge in [-0.15, -0.1) is 0 Å². The van der Waals surface area contributed by atoms with Crippen LogP contribution in [-0.2, 0) is 0 Å². The molecular formula is C21H15N3O2. The van der Waals surface area contributed by atoms with Crippen LogP contribution >= 0.6 is 0 Å². The smallest absolute Gasteiger partial charge is 0.258 e. The van der Waals surface area contributed by atoms with E-state index in [0.29, 0.717) is 18.7 Å². The Morgan fingerprint density at radius 1 is 0.846 bits per heavy atom. The Bertz CT molecular complexity index is 1160. The molecule has 1 aromatic heterocycles. The van der Waals surface area contributed by atoms with E-state index in [4.69, 9.17) is 4.74 Å². The summed E-state index contributed by atoms with van der Waals surface area (Å²) in [6.45, 7) is 1.01. The van der Waals surface area contributed by atoms with Crippen LogP contribution in [0.3, 0.4) is 0 Å². The van der Waals surface area contributed by atoms with Crippen LogP contribution in [0.15, 0.2) is 66.7 Å². The molecule has 26 heavy (non-hydrogen) atoms. The van der Waals surface area contributed by atoms with Gasteiger partial charge in [-0.3, -0.25) is 4.79 Å². The van der Waals surface area contributed by atoms with Crippen LogP contribution in [0.25, 0.3) is 22.1 Å². The molecule has 4 aromatic rings. The van der Waals surface area contributed by atoms with E-state index in [1.165, 1.54) is 0 Å². The standard InChI is InChI=1S/C21H15N3O2/c25-21(24-11-12-26-20-8-4-3-7-19(20)24)14-9-10-17-18(13-14)23-16-6-2-1-5-15(16)22-17/h1-10,13H,11-12H2. The van der Waals surface area contributed by atoms with Crippen LogP contribution in [-0.4, -0.2) is 29.0 Å². The first kappa shape index (κ1) is 14.8. The topological polar surface area (TPSA) is 55.3 Å². The molecule has 0 fully saturated rings. The molecule has 3 aromatic carbocycles. The summed E-state index contributed by atoms with van der Waals surface area (Å²) in [6.07, 6.45) is 0. The van der Waals surface area contributed by atoms with E-state index in [9.17, 15) is 4.79 Å². The second-order valence-electron chi connectivity index (χ2n) is 6.19. The molecule has 0 radical (unpaired) electrons. The number of carbonyl (C=O) groups excluding carboxylic acids is 1. The lowest BCUT2D eigenvalue weighted by Crippen LogP contribution is -2.37. The molecule has 5 nitrogen and oxygen atoms in total. The van der Waals surface area contributed by atoms with Crippen molar-refractivity contribution in [3.05, 3.63) is 72.3 Å². The van der Waals surface area contributed by atoms with E-state index >= 15 is 0 Å². The van der Waals surface area contributed by atoms with Gasteiger partial charge in [0, 0.05) is 5.56 Å². The third-order valence-corrected chi connectivity index (χ3v) is 4.56. The first-order valence-electron chi connectivity index (χ1n) is 8.50. The highest BCUT2D eigenvalue weighted by Crippen LogP contribution is 2.32. The lowest BCUT2D eigenvalue weighted by Gasteiger charge is -2.29. The van der Waals surface area contributed by atoms with Crippen molar-refractivity contribution in [1.82, 2.24) is 9.97 Å². The maximum Gasteiger partial charge on any atom is 0.258 e. The molecule has 0 saturated carbocycles. The maximum atomic E-state index is 13.1. The Labute approximate surface area is 149 Å². The summed E-state index contributed by atoms with van der Waals surface area (Å²) >= 11 is 0. The number of rotatable bonds is 1. The molecule has 5 heteroatoms. The highest BCUT2D eigenvalue weighted by atomic mass is 16.5. The van der Waals surface area contributed by atoms with Gasteiger partial charge in [-0.2, -0.15) is 0 Å². The maximum absolute atomic E-state index is 13.1.